The molecule has 0 atom stereocenters. The molecule has 0 amide bonds. The number of hydrogen-bond acceptors (Lipinski definition) is 1. The highest BCUT2D eigenvalue weighted by molar-refractivity contribution is 7.63. The van der Waals surface area contributed by atoms with Crippen LogP contribution in [0.2, 0.25) is 0 Å². The summed E-state index contributed by atoms with van der Waals surface area (Å²) >= 11 is 0. The molecular weight excluding hydrogens is 166 g/mol. The number of rotatable bonds is 0. The van der Waals surface area contributed by atoms with E-state index in [1.807, 2.05) is 6.66 Å². The first-order valence-electron chi connectivity index (χ1n) is 3.76. The smallest absolute Gasteiger partial charge is 0.0848 e. The standard InChI is InChI=1S/C7H15OP.2CH4.B.H2/c1-9(8)6-4-2-3-5-7-9;;;;/h2-7H2,1H3;2*1H4;;1H/i;;;;1+1. The molecule has 0 N–H and O–H groups in total. The van der Waals surface area contributed by atoms with E-state index in [4.69, 9.17) is 0 Å². The molecule has 0 aromatic heterocycles. The van der Waals surface area contributed by atoms with Crippen molar-refractivity contribution in [2.45, 2.75) is 40.5 Å². The Labute approximate surface area is 81.8 Å². The van der Waals surface area contributed by atoms with E-state index >= 15 is 0 Å². The maximum absolute atomic E-state index is 11.5. The van der Waals surface area contributed by atoms with Crippen molar-refractivity contribution in [2.75, 3.05) is 19.0 Å². The Hall–Kier alpha value is 0.295. The molecule has 1 rings (SSSR count). The highest BCUT2D eigenvalue weighted by atomic mass is 31.2. The molecule has 0 unspecified atom stereocenters. The molecule has 1 saturated heterocycles. The normalized spacial score (nSPS) is 20.4. The molecule has 0 saturated carbocycles. The van der Waals surface area contributed by atoms with Crippen molar-refractivity contribution in [1.82, 2.24) is 0 Å². The Morgan fingerprint density at radius 2 is 1.33 bits per heavy atom. The fourth-order valence-electron chi connectivity index (χ4n) is 1.36. The van der Waals surface area contributed by atoms with E-state index in [0.717, 1.165) is 12.3 Å². The first-order chi connectivity index (χ1) is 4.21. The first-order valence-corrected chi connectivity index (χ1v) is 6.29. The first kappa shape index (κ1) is 18.2. The lowest BCUT2D eigenvalue weighted by molar-refractivity contribution is 0.578. The van der Waals surface area contributed by atoms with Gasteiger partial charge in [0.25, 0.3) is 0 Å². The predicted molar refractivity (Wildman–Crippen MR) is 63.1 cm³/mol. The fourth-order valence-corrected chi connectivity index (χ4v) is 3.37. The van der Waals surface area contributed by atoms with Crippen LogP contribution in [0.3, 0.4) is 0 Å². The molecule has 3 radical (unpaired) electrons. The number of hydrogen-bond donors (Lipinski definition) is 0. The van der Waals surface area contributed by atoms with Crippen LogP contribution in [0.25, 0.3) is 0 Å². The van der Waals surface area contributed by atoms with Gasteiger partial charge in [-0.3, -0.25) is 0 Å². The summed E-state index contributed by atoms with van der Waals surface area (Å²) in [6.45, 7) is 1.96. The van der Waals surface area contributed by atoms with Gasteiger partial charge in [-0.05, 0) is 19.5 Å². The van der Waals surface area contributed by atoms with Crippen molar-refractivity contribution in [3.8, 4) is 0 Å². The fraction of sp³-hybridized carbons (Fsp3) is 1.00. The van der Waals surface area contributed by atoms with Crippen LogP contribution in [0, 0.1) is 0 Å². The second kappa shape index (κ2) is 7.92. The zero-order valence-electron chi connectivity index (χ0n) is 6.68. The SMILES string of the molecule is C.C.CP1(=O)CCCCCC1.[2HH].[B]. The van der Waals surface area contributed by atoms with Crippen molar-refractivity contribution < 1.29 is 5.99 Å². The molecule has 1 aliphatic rings. The molecule has 0 aromatic carbocycles. The average molecular weight is 192 g/mol. The van der Waals surface area contributed by atoms with Crippen LogP contribution in [0.4, 0.5) is 0 Å². The third-order valence-electron chi connectivity index (χ3n) is 2.01. The van der Waals surface area contributed by atoms with Gasteiger partial charge < -0.3 is 4.57 Å². The quantitative estimate of drug-likeness (QED) is 0.422. The monoisotopic (exact) mass is 192 g/mol. The molecule has 75 valence electrons. The molecular formula is C9H25BOP. The van der Waals surface area contributed by atoms with Gasteiger partial charge in [-0.1, -0.05) is 27.7 Å². The highest BCUT2D eigenvalue weighted by Gasteiger charge is 2.16. The summed E-state index contributed by atoms with van der Waals surface area (Å²) < 4.78 is 11.5. The highest BCUT2D eigenvalue weighted by Crippen LogP contribution is 2.44. The second-order valence-electron chi connectivity index (χ2n) is 3.16. The van der Waals surface area contributed by atoms with Gasteiger partial charge in [0.05, 0.1) is 7.14 Å². The molecule has 3 heteroatoms. The molecule has 0 spiro atoms. The maximum Gasteiger partial charge on any atom is 0.0848 e. The summed E-state index contributed by atoms with van der Waals surface area (Å²) in [4.78, 5) is 0. The third kappa shape index (κ3) is 6.97. The zero-order chi connectivity index (χ0) is 6.74. The van der Waals surface area contributed by atoms with Crippen LogP contribution >= 0.6 is 7.14 Å². The van der Waals surface area contributed by atoms with Crippen LogP contribution < -0.4 is 0 Å². The van der Waals surface area contributed by atoms with Crippen molar-refractivity contribution in [1.29, 1.82) is 0 Å². The molecule has 0 aliphatic carbocycles. The third-order valence-corrected chi connectivity index (χ3v) is 4.54. The van der Waals surface area contributed by atoms with E-state index < -0.39 is 7.14 Å². The second-order valence-corrected chi connectivity index (χ2v) is 6.65. The van der Waals surface area contributed by atoms with Crippen molar-refractivity contribution in [3.05, 3.63) is 0 Å². The van der Waals surface area contributed by atoms with E-state index in [-0.39, 0.29) is 24.7 Å². The molecule has 0 aromatic rings. The van der Waals surface area contributed by atoms with Crippen molar-refractivity contribution in [2.24, 2.45) is 0 Å². The van der Waals surface area contributed by atoms with Crippen LogP contribution in [0.5, 0.6) is 0 Å². The van der Waals surface area contributed by atoms with Crippen LogP contribution in [-0.2, 0) is 4.57 Å². The lowest BCUT2D eigenvalue weighted by Crippen LogP contribution is -1.87. The molecule has 1 nitrogen and oxygen atoms in total. The zero-order valence-corrected chi connectivity index (χ0v) is 7.57. The summed E-state index contributed by atoms with van der Waals surface area (Å²) in [7, 11) is -1.63. The summed E-state index contributed by atoms with van der Waals surface area (Å²) in [5.41, 5.74) is 0. The van der Waals surface area contributed by atoms with E-state index in [1.165, 1.54) is 25.7 Å². The Morgan fingerprint density at radius 1 is 1.00 bits per heavy atom. The molecule has 1 aliphatic heterocycles. The molecule has 0 bridgehead atoms. The van der Waals surface area contributed by atoms with Gasteiger partial charge in [0.2, 0.25) is 0 Å². The van der Waals surface area contributed by atoms with Crippen LogP contribution in [-0.4, -0.2) is 27.4 Å². The lowest BCUT2D eigenvalue weighted by Gasteiger charge is -2.06. The minimum atomic E-state index is -1.63. The van der Waals surface area contributed by atoms with E-state index in [1.54, 1.807) is 0 Å². The van der Waals surface area contributed by atoms with E-state index in [0.29, 0.717) is 0 Å². The van der Waals surface area contributed by atoms with Gasteiger partial charge in [0.1, 0.15) is 0 Å². The van der Waals surface area contributed by atoms with E-state index in [2.05, 4.69) is 0 Å². The minimum absolute atomic E-state index is 0. The summed E-state index contributed by atoms with van der Waals surface area (Å²) in [6.07, 6.45) is 7.03. The van der Waals surface area contributed by atoms with Crippen molar-refractivity contribution in [3.63, 3.8) is 0 Å². The Balaban J connectivity index is -0.000000101. The Morgan fingerprint density at radius 3 is 1.67 bits per heavy atom. The van der Waals surface area contributed by atoms with Crippen molar-refractivity contribution >= 4 is 15.6 Å². The summed E-state index contributed by atoms with van der Waals surface area (Å²) in [6, 6.07) is 0. The topological polar surface area (TPSA) is 17.1 Å². The Bertz CT molecular complexity index is 130. The van der Waals surface area contributed by atoms with E-state index in [9.17, 15) is 4.57 Å². The van der Waals surface area contributed by atoms with Gasteiger partial charge in [0.15, 0.2) is 0 Å². The average Bonchev–Trinajstić information content (AvgIpc) is 1.92. The van der Waals surface area contributed by atoms with Gasteiger partial charge in [0, 0.05) is 22.2 Å². The Kier molecular flexibility index (Phi) is 12.0. The predicted octanol–water partition coefficient (Wildman–Crippen LogP) is 3.69. The molecule has 12 heavy (non-hydrogen) atoms. The molecule has 1 heterocycles. The van der Waals surface area contributed by atoms with Gasteiger partial charge in [-0.2, -0.15) is 0 Å². The summed E-state index contributed by atoms with van der Waals surface area (Å²) in [5.74, 6) is 0. The van der Waals surface area contributed by atoms with Gasteiger partial charge in [-0.25, -0.2) is 0 Å². The molecule has 1 fully saturated rings. The van der Waals surface area contributed by atoms with Crippen LogP contribution in [0.1, 0.15) is 42.0 Å². The van der Waals surface area contributed by atoms with Gasteiger partial charge in [-0.15, -0.1) is 0 Å². The van der Waals surface area contributed by atoms with Crippen LogP contribution in [0.15, 0.2) is 0 Å². The summed E-state index contributed by atoms with van der Waals surface area (Å²) in [5, 5.41) is 0. The maximum atomic E-state index is 11.5. The van der Waals surface area contributed by atoms with Gasteiger partial charge >= 0.3 is 0 Å². The largest absolute Gasteiger partial charge is 0.324 e. The minimum Gasteiger partial charge on any atom is -0.324 e. The lowest BCUT2D eigenvalue weighted by atomic mass is 10.2.